The smallest absolute Gasteiger partial charge is 0.326 e. The maximum Gasteiger partial charge on any atom is 0.326 e. The summed E-state index contributed by atoms with van der Waals surface area (Å²) in [5.41, 5.74) is 2.64. The van der Waals surface area contributed by atoms with Gasteiger partial charge >= 0.3 is 12.0 Å². The fourth-order valence-electron chi connectivity index (χ4n) is 2.01. The molecule has 1 aromatic rings. The number of aryl methyl sites for hydroxylation is 2. The molecule has 6 heteroatoms. The second-order valence-corrected chi connectivity index (χ2v) is 6.02. The summed E-state index contributed by atoms with van der Waals surface area (Å²) >= 11 is 3.46. The fourth-order valence-corrected chi connectivity index (χ4v) is 2.24. The SMILES string of the molecule is CCC(C)[C@H](NC(=O)Nc1cc(C)c(Br)c(C)c1)C(=O)O. The number of carbonyl (C=O) groups is 2. The average Bonchev–Trinajstić information content (AvgIpc) is 2.40. The van der Waals surface area contributed by atoms with Gasteiger partial charge in [0.2, 0.25) is 0 Å². The van der Waals surface area contributed by atoms with Crippen LogP contribution in [-0.4, -0.2) is 23.1 Å². The Morgan fingerprint density at radius 2 is 1.81 bits per heavy atom. The van der Waals surface area contributed by atoms with Gasteiger partial charge in [0, 0.05) is 10.2 Å². The first kappa shape index (κ1) is 17.5. The highest BCUT2D eigenvalue weighted by Gasteiger charge is 2.25. The van der Waals surface area contributed by atoms with Crippen molar-refractivity contribution in [2.24, 2.45) is 5.92 Å². The van der Waals surface area contributed by atoms with Crippen LogP contribution in [0.5, 0.6) is 0 Å². The Hall–Kier alpha value is -1.56. The zero-order chi connectivity index (χ0) is 16.2. The Bertz CT molecular complexity index is 523. The normalized spacial score (nSPS) is 13.4. The van der Waals surface area contributed by atoms with Crippen LogP contribution in [0, 0.1) is 19.8 Å². The van der Waals surface area contributed by atoms with Gasteiger partial charge in [-0.2, -0.15) is 0 Å². The maximum atomic E-state index is 12.0. The molecule has 21 heavy (non-hydrogen) atoms. The largest absolute Gasteiger partial charge is 0.480 e. The first-order valence-electron chi connectivity index (χ1n) is 6.83. The molecule has 0 radical (unpaired) electrons. The van der Waals surface area contributed by atoms with Crippen molar-refractivity contribution in [2.75, 3.05) is 5.32 Å². The molecule has 2 amide bonds. The lowest BCUT2D eigenvalue weighted by atomic mass is 9.99. The van der Waals surface area contributed by atoms with Crippen molar-refractivity contribution in [3.8, 4) is 0 Å². The molecule has 0 aliphatic carbocycles. The quantitative estimate of drug-likeness (QED) is 0.752. The monoisotopic (exact) mass is 356 g/mol. The Morgan fingerprint density at radius 1 is 1.29 bits per heavy atom. The van der Waals surface area contributed by atoms with Gasteiger partial charge in [-0.1, -0.05) is 36.2 Å². The Labute approximate surface area is 133 Å². The number of amides is 2. The van der Waals surface area contributed by atoms with Gasteiger partial charge in [-0.3, -0.25) is 0 Å². The highest BCUT2D eigenvalue weighted by Crippen LogP contribution is 2.25. The third-order valence-electron chi connectivity index (χ3n) is 3.46. The molecule has 0 spiro atoms. The van der Waals surface area contributed by atoms with E-state index in [1.807, 2.05) is 32.9 Å². The van der Waals surface area contributed by atoms with Crippen LogP contribution < -0.4 is 10.6 Å². The zero-order valence-corrected chi connectivity index (χ0v) is 14.2. The van der Waals surface area contributed by atoms with E-state index in [9.17, 15) is 9.59 Å². The van der Waals surface area contributed by atoms with Gasteiger partial charge in [0.15, 0.2) is 0 Å². The molecular weight excluding hydrogens is 336 g/mol. The van der Waals surface area contributed by atoms with Crippen LogP contribution in [0.15, 0.2) is 16.6 Å². The summed E-state index contributed by atoms with van der Waals surface area (Å²) in [6, 6.07) is 2.25. The molecule has 0 bridgehead atoms. The standard InChI is InChI=1S/C15H21BrN2O3/c1-5-8(2)13(14(19)20)18-15(21)17-11-6-9(3)12(16)10(4)7-11/h6-8,13H,5H2,1-4H3,(H,19,20)(H2,17,18,21)/t8?,13-/m0/s1. The number of urea groups is 1. The molecule has 0 fully saturated rings. The predicted octanol–water partition coefficient (Wildman–Crippen LogP) is 3.69. The highest BCUT2D eigenvalue weighted by atomic mass is 79.9. The van der Waals surface area contributed by atoms with Gasteiger partial charge in [0.1, 0.15) is 6.04 Å². The van der Waals surface area contributed by atoms with Crippen LogP contribution in [0.25, 0.3) is 0 Å². The van der Waals surface area contributed by atoms with Crippen molar-refractivity contribution in [1.82, 2.24) is 5.32 Å². The second kappa shape index (κ2) is 7.45. The molecular formula is C15H21BrN2O3. The summed E-state index contributed by atoms with van der Waals surface area (Å²) in [6.07, 6.45) is 0.674. The van der Waals surface area contributed by atoms with E-state index in [0.29, 0.717) is 12.1 Å². The lowest BCUT2D eigenvalue weighted by molar-refractivity contribution is -0.140. The molecule has 2 atom stereocenters. The summed E-state index contributed by atoms with van der Waals surface area (Å²) in [7, 11) is 0. The zero-order valence-electron chi connectivity index (χ0n) is 12.7. The summed E-state index contributed by atoms with van der Waals surface area (Å²) in [4.78, 5) is 23.1. The fraction of sp³-hybridized carbons (Fsp3) is 0.467. The second-order valence-electron chi connectivity index (χ2n) is 5.22. The van der Waals surface area contributed by atoms with Gasteiger partial charge in [0.05, 0.1) is 0 Å². The number of benzene rings is 1. The van der Waals surface area contributed by atoms with Crippen LogP contribution in [0.3, 0.4) is 0 Å². The van der Waals surface area contributed by atoms with E-state index in [4.69, 9.17) is 5.11 Å². The van der Waals surface area contributed by atoms with E-state index < -0.39 is 18.0 Å². The Balaban J connectivity index is 2.79. The van der Waals surface area contributed by atoms with Crippen molar-refractivity contribution in [1.29, 1.82) is 0 Å². The molecule has 116 valence electrons. The van der Waals surface area contributed by atoms with Gasteiger partial charge in [-0.05, 0) is 43.0 Å². The molecule has 0 aliphatic heterocycles. The van der Waals surface area contributed by atoms with Gasteiger partial charge < -0.3 is 15.7 Å². The highest BCUT2D eigenvalue weighted by molar-refractivity contribution is 9.10. The van der Waals surface area contributed by atoms with Crippen molar-refractivity contribution in [3.63, 3.8) is 0 Å². The molecule has 3 N–H and O–H groups in total. The number of halogens is 1. The minimum absolute atomic E-state index is 0.137. The molecule has 0 heterocycles. The number of nitrogens with one attached hydrogen (secondary N) is 2. The predicted molar refractivity (Wildman–Crippen MR) is 86.6 cm³/mol. The molecule has 5 nitrogen and oxygen atoms in total. The van der Waals surface area contributed by atoms with E-state index in [-0.39, 0.29) is 5.92 Å². The minimum atomic E-state index is -1.03. The van der Waals surface area contributed by atoms with Gasteiger partial charge in [0.25, 0.3) is 0 Å². The summed E-state index contributed by atoms with van der Waals surface area (Å²) in [5.74, 6) is -1.16. The molecule has 1 rings (SSSR count). The lowest BCUT2D eigenvalue weighted by Gasteiger charge is -2.20. The number of rotatable bonds is 5. The minimum Gasteiger partial charge on any atom is -0.480 e. The number of anilines is 1. The molecule has 1 unspecified atom stereocenters. The molecule has 0 aromatic heterocycles. The third-order valence-corrected chi connectivity index (χ3v) is 4.71. The van der Waals surface area contributed by atoms with E-state index in [2.05, 4.69) is 26.6 Å². The van der Waals surface area contributed by atoms with Crippen LogP contribution in [0.4, 0.5) is 10.5 Å². The molecule has 0 saturated carbocycles. The van der Waals surface area contributed by atoms with E-state index in [1.165, 1.54) is 0 Å². The molecule has 0 aliphatic rings. The lowest BCUT2D eigenvalue weighted by Crippen LogP contribution is -2.46. The molecule has 1 aromatic carbocycles. The van der Waals surface area contributed by atoms with Crippen LogP contribution in [-0.2, 0) is 4.79 Å². The number of aliphatic carboxylic acids is 1. The molecule has 0 saturated heterocycles. The van der Waals surface area contributed by atoms with E-state index >= 15 is 0 Å². The first-order valence-corrected chi connectivity index (χ1v) is 7.62. The van der Waals surface area contributed by atoms with Crippen LogP contribution in [0.1, 0.15) is 31.4 Å². The number of hydrogen-bond donors (Lipinski definition) is 3. The topological polar surface area (TPSA) is 78.4 Å². The van der Waals surface area contributed by atoms with Crippen molar-refractivity contribution >= 4 is 33.6 Å². The summed E-state index contributed by atoms with van der Waals surface area (Å²) < 4.78 is 0.997. The maximum absolute atomic E-state index is 12.0. The number of carboxylic acids is 1. The first-order chi connectivity index (χ1) is 9.76. The van der Waals surface area contributed by atoms with Crippen LogP contribution in [0.2, 0.25) is 0 Å². The van der Waals surface area contributed by atoms with Crippen molar-refractivity contribution in [3.05, 3.63) is 27.7 Å². The summed E-state index contributed by atoms with van der Waals surface area (Å²) in [5, 5.41) is 14.4. The Morgan fingerprint density at radius 3 is 2.24 bits per heavy atom. The van der Waals surface area contributed by atoms with Gasteiger partial charge in [-0.15, -0.1) is 0 Å². The van der Waals surface area contributed by atoms with Crippen molar-refractivity contribution < 1.29 is 14.7 Å². The van der Waals surface area contributed by atoms with E-state index in [0.717, 1.165) is 15.6 Å². The number of carbonyl (C=O) groups excluding carboxylic acids is 1. The third kappa shape index (κ3) is 4.74. The number of carboxylic acid groups (broad SMARTS) is 1. The summed E-state index contributed by atoms with van der Waals surface area (Å²) in [6.45, 7) is 7.55. The Kier molecular flexibility index (Phi) is 6.20. The average molecular weight is 357 g/mol. The van der Waals surface area contributed by atoms with Crippen LogP contribution >= 0.6 is 15.9 Å². The number of hydrogen-bond acceptors (Lipinski definition) is 2. The van der Waals surface area contributed by atoms with Gasteiger partial charge in [-0.25, -0.2) is 9.59 Å². The van der Waals surface area contributed by atoms with E-state index in [1.54, 1.807) is 6.92 Å². The van der Waals surface area contributed by atoms with Crippen molar-refractivity contribution in [2.45, 2.75) is 40.2 Å².